The summed E-state index contributed by atoms with van der Waals surface area (Å²) in [6.45, 7) is 16.1. The van der Waals surface area contributed by atoms with Crippen LogP contribution in [0.1, 0.15) is 143 Å². The molecule has 7 rings (SSSR count). The van der Waals surface area contributed by atoms with Crippen LogP contribution in [0.15, 0.2) is 35.4 Å². The lowest BCUT2D eigenvalue weighted by Crippen LogP contribution is -2.63. The minimum Gasteiger partial charge on any atom is -0.508 e. The van der Waals surface area contributed by atoms with Gasteiger partial charge in [0.2, 0.25) is 0 Å². The highest BCUT2D eigenvalue weighted by Crippen LogP contribution is 2.75. The molecule has 0 bridgehead atoms. The van der Waals surface area contributed by atoms with Crippen molar-refractivity contribution in [3.8, 4) is 5.75 Å². The number of aliphatic hydroxyl groups is 1. The van der Waals surface area contributed by atoms with Crippen molar-refractivity contribution < 1.29 is 24.5 Å². The molecule has 1 heterocycles. The number of ketones is 2. The molecule has 1 aromatic rings. The number of epoxide rings is 1. The molecule has 5 nitrogen and oxygen atoms in total. The maximum Gasteiger partial charge on any atom is 0.160 e. The molecule has 6 aliphatic rings. The molecule has 258 valence electrons. The van der Waals surface area contributed by atoms with Crippen LogP contribution in [0.5, 0.6) is 5.75 Å². The van der Waals surface area contributed by atoms with E-state index in [0.29, 0.717) is 36.2 Å². The topological polar surface area (TPSA) is 87.1 Å². The Balaban J connectivity index is 1.20. The molecule has 4 saturated carbocycles. The minimum absolute atomic E-state index is 0.0564. The van der Waals surface area contributed by atoms with E-state index in [-0.39, 0.29) is 51.5 Å². The number of hydrogen-bond donors (Lipinski definition) is 2. The maximum absolute atomic E-state index is 14.3. The number of carbonyl (C=O) groups is 2. The van der Waals surface area contributed by atoms with Crippen LogP contribution in [-0.2, 0) is 14.3 Å². The summed E-state index contributed by atoms with van der Waals surface area (Å²) in [5.74, 6) is 1.90. The first-order valence-corrected chi connectivity index (χ1v) is 19.1. The summed E-state index contributed by atoms with van der Waals surface area (Å²) in [7, 11) is 0. The molecular formula is C42H60O5. The van der Waals surface area contributed by atoms with Gasteiger partial charge < -0.3 is 14.9 Å². The number of aromatic hydroxyl groups is 1. The highest BCUT2D eigenvalue weighted by atomic mass is 16.6. The van der Waals surface area contributed by atoms with Gasteiger partial charge in [-0.1, -0.05) is 78.5 Å². The summed E-state index contributed by atoms with van der Waals surface area (Å²) in [5, 5.41) is 21.9. The number of phenols is 1. The van der Waals surface area contributed by atoms with Crippen molar-refractivity contribution in [3.05, 3.63) is 41.0 Å². The van der Waals surface area contributed by atoms with Crippen LogP contribution in [0.25, 0.3) is 0 Å². The van der Waals surface area contributed by atoms with Crippen molar-refractivity contribution in [1.82, 2.24) is 0 Å². The SMILES string of the molecule is CCC[C@H](C[C@@H](O)[C@H]1O[C@]1(C)C1CCCC1)C1=C2CC[C@@H]3[C@]4(C)C[C@@H](c5cccc(O)c5)C(=O)C(C)(C)[C@@H]4CC[C@]3(C)[C@@]2(C)CC1=O. The third kappa shape index (κ3) is 4.82. The smallest absolute Gasteiger partial charge is 0.160 e. The van der Waals surface area contributed by atoms with E-state index in [1.165, 1.54) is 31.3 Å². The Labute approximate surface area is 283 Å². The van der Waals surface area contributed by atoms with E-state index in [4.69, 9.17) is 4.74 Å². The maximum atomic E-state index is 14.3. The van der Waals surface area contributed by atoms with Crippen LogP contribution >= 0.6 is 0 Å². The Hall–Kier alpha value is -1.98. The largest absolute Gasteiger partial charge is 0.508 e. The van der Waals surface area contributed by atoms with Crippen LogP contribution in [0.3, 0.4) is 0 Å². The monoisotopic (exact) mass is 644 g/mol. The van der Waals surface area contributed by atoms with Gasteiger partial charge in [0.25, 0.3) is 0 Å². The van der Waals surface area contributed by atoms with Crippen molar-refractivity contribution in [1.29, 1.82) is 0 Å². The Bertz CT molecular complexity index is 1470. The van der Waals surface area contributed by atoms with E-state index >= 15 is 0 Å². The number of rotatable bonds is 8. The number of ether oxygens (including phenoxy) is 1. The van der Waals surface area contributed by atoms with Crippen molar-refractivity contribution in [2.24, 2.45) is 45.3 Å². The minimum atomic E-state index is -0.539. The quantitative estimate of drug-likeness (QED) is 0.276. The van der Waals surface area contributed by atoms with Gasteiger partial charge in [0.15, 0.2) is 5.78 Å². The molecule has 0 amide bonds. The number of Topliss-reactive ketones (excluding diaryl/α,β-unsaturated/α-hetero) is 2. The van der Waals surface area contributed by atoms with Crippen LogP contribution < -0.4 is 0 Å². The Morgan fingerprint density at radius 1 is 0.979 bits per heavy atom. The lowest BCUT2D eigenvalue weighted by atomic mass is 9.35. The van der Waals surface area contributed by atoms with Gasteiger partial charge in [0, 0.05) is 23.2 Å². The van der Waals surface area contributed by atoms with Crippen LogP contribution in [0, 0.1) is 45.3 Å². The Morgan fingerprint density at radius 2 is 1.70 bits per heavy atom. The molecular weight excluding hydrogens is 584 g/mol. The van der Waals surface area contributed by atoms with Crippen molar-refractivity contribution >= 4 is 11.6 Å². The number of hydrogen-bond acceptors (Lipinski definition) is 5. The molecule has 47 heavy (non-hydrogen) atoms. The van der Waals surface area contributed by atoms with Crippen LogP contribution in [0.2, 0.25) is 0 Å². The van der Waals surface area contributed by atoms with E-state index in [1.807, 2.05) is 12.1 Å². The Kier molecular flexibility index (Phi) is 8.04. The standard InChI is InChI=1S/C42H60O5/c1-8-12-26(22-31(44)37-42(7,47-37)27-14-9-10-15-27)35-30-17-18-34-39(4)23-29(25-13-11-16-28(43)21-25)36(46)38(2,3)33(39)19-20-40(34,5)41(30,6)24-32(35)45/h11,13,16,21,26-27,29,31,33-34,37,43-44H,8-10,12,14-15,17-20,22-24H2,1-7H3/t26-,29+,31-,33+,34-,37-,39-,40+,41+,42-/m1/s1. The molecule has 2 N–H and O–H groups in total. The number of allylic oxidation sites excluding steroid dienone is 2. The molecule has 0 spiro atoms. The highest BCUT2D eigenvalue weighted by molar-refractivity contribution is 6.00. The molecule has 0 radical (unpaired) electrons. The van der Waals surface area contributed by atoms with Gasteiger partial charge in [-0.3, -0.25) is 9.59 Å². The number of aliphatic hydroxyl groups excluding tert-OH is 1. The highest BCUT2D eigenvalue weighted by Gasteiger charge is 2.69. The zero-order valence-electron chi connectivity index (χ0n) is 30.2. The van der Waals surface area contributed by atoms with Gasteiger partial charge in [-0.15, -0.1) is 0 Å². The molecule has 1 aromatic carbocycles. The van der Waals surface area contributed by atoms with E-state index < -0.39 is 11.5 Å². The summed E-state index contributed by atoms with van der Waals surface area (Å²) in [6.07, 6.45) is 12.2. The molecule has 5 fully saturated rings. The summed E-state index contributed by atoms with van der Waals surface area (Å²) in [6, 6.07) is 7.36. The van der Waals surface area contributed by atoms with Gasteiger partial charge in [-0.05, 0) is 122 Å². The predicted octanol–water partition coefficient (Wildman–Crippen LogP) is 9.10. The van der Waals surface area contributed by atoms with Gasteiger partial charge >= 0.3 is 0 Å². The average Bonchev–Trinajstić information content (AvgIpc) is 3.31. The second-order valence-corrected chi connectivity index (χ2v) is 18.4. The van der Waals surface area contributed by atoms with Crippen LogP contribution in [-0.4, -0.2) is 39.6 Å². The second-order valence-electron chi connectivity index (χ2n) is 18.4. The number of benzene rings is 1. The first kappa shape index (κ1) is 33.5. The average molecular weight is 645 g/mol. The fourth-order valence-corrected chi connectivity index (χ4v) is 13.2. The fourth-order valence-electron chi connectivity index (χ4n) is 13.2. The van der Waals surface area contributed by atoms with Gasteiger partial charge in [-0.25, -0.2) is 0 Å². The summed E-state index contributed by atoms with van der Waals surface area (Å²) in [5.41, 5.74) is 2.38. The summed E-state index contributed by atoms with van der Waals surface area (Å²) >= 11 is 0. The molecule has 5 aliphatic carbocycles. The fraction of sp³-hybridized carbons (Fsp3) is 0.762. The lowest BCUT2D eigenvalue weighted by Gasteiger charge is -2.68. The van der Waals surface area contributed by atoms with Crippen molar-refractivity contribution in [3.63, 3.8) is 0 Å². The number of phenolic OH excluding ortho intramolecular Hbond substituents is 1. The second kappa shape index (κ2) is 11.3. The Morgan fingerprint density at radius 3 is 2.38 bits per heavy atom. The van der Waals surface area contributed by atoms with Gasteiger partial charge in [0.1, 0.15) is 17.6 Å². The third-order valence-electron chi connectivity index (χ3n) is 15.8. The van der Waals surface area contributed by atoms with Crippen molar-refractivity contribution in [2.75, 3.05) is 0 Å². The summed E-state index contributed by atoms with van der Waals surface area (Å²) < 4.78 is 6.28. The number of carbonyl (C=O) groups excluding carboxylic acids is 2. The predicted molar refractivity (Wildman–Crippen MR) is 185 cm³/mol. The number of fused-ring (bicyclic) bond motifs is 5. The van der Waals surface area contributed by atoms with E-state index in [1.54, 1.807) is 12.1 Å². The van der Waals surface area contributed by atoms with Crippen LogP contribution in [0.4, 0.5) is 0 Å². The molecule has 1 aliphatic heterocycles. The third-order valence-corrected chi connectivity index (χ3v) is 15.8. The molecule has 1 saturated heterocycles. The first-order chi connectivity index (χ1) is 22.1. The van der Waals surface area contributed by atoms with Crippen molar-refractivity contribution in [2.45, 2.75) is 156 Å². The first-order valence-electron chi connectivity index (χ1n) is 19.1. The van der Waals surface area contributed by atoms with E-state index in [0.717, 1.165) is 56.1 Å². The molecule has 5 heteroatoms. The molecule has 10 atom stereocenters. The zero-order chi connectivity index (χ0) is 33.7. The summed E-state index contributed by atoms with van der Waals surface area (Å²) in [4.78, 5) is 28.5. The zero-order valence-corrected chi connectivity index (χ0v) is 30.2. The van der Waals surface area contributed by atoms with Gasteiger partial charge in [0.05, 0.1) is 11.7 Å². The van der Waals surface area contributed by atoms with Gasteiger partial charge in [-0.2, -0.15) is 0 Å². The lowest BCUT2D eigenvalue weighted by molar-refractivity contribution is -0.183. The van der Waals surface area contributed by atoms with E-state index in [2.05, 4.69) is 48.5 Å². The molecule has 0 unspecified atom stereocenters. The molecule has 0 aromatic heterocycles. The van der Waals surface area contributed by atoms with E-state index in [9.17, 15) is 19.8 Å². The normalized spacial score (nSPS) is 42.6.